The van der Waals surface area contributed by atoms with Crippen LogP contribution in [0.4, 0.5) is 5.69 Å². The Morgan fingerprint density at radius 2 is 1.64 bits per heavy atom. The number of anilines is 1. The standard InChI is InChI=1S/C23H22N2O3/c1-15-6-9-18(10-7-15)22(26)25-21(14-19-5-4-12-28-19)23(27)24-20-11-8-16(2)13-17(20)3/h4-14H,1-3H3,(H,24,27)(H,25,26). The van der Waals surface area contributed by atoms with Crippen LogP contribution in [0.25, 0.3) is 6.08 Å². The zero-order valence-electron chi connectivity index (χ0n) is 16.1. The number of carbonyl (C=O) groups excluding carboxylic acids is 2. The molecule has 0 saturated carbocycles. The molecule has 0 spiro atoms. The molecule has 2 aromatic carbocycles. The minimum Gasteiger partial charge on any atom is -0.465 e. The molecule has 0 radical (unpaired) electrons. The number of amides is 2. The summed E-state index contributed by atoms with van der Waals surface area (Å²) in [7, 11) is 0. The molecule has 0 atom stereocenters. The first kappa shape index (κ1) is 19.2. The zero-order chi connectivity index (χ0) is 20.1. The normalized spacial score (nSPS) is 11.2. The fourth-order valence-corrected chi connectivity index (χ4v) is 2.72. The van der Waals surface area contributed by atoms with Gasteiger partial charge in [-0.3, -0.25) is 9.59 Å². The molecule has 1 heterocycles. The number of carbonyl (C=O) groups is 2. The Balaban J connectivity index is 1.85. The summed E-state index contributed by atoms with van der Waals surface area (Å²) in [4.78, 5) is 25.5. The van der Waals surface area contributed by atoms with Gasteiger partial charge < -0.3 is 15.1 Å². The van der Waals surface area contributed by atoms with E-state index in [-0.39, 0.29) is 11.6 Å². The van der Waals surface area contributed by atoms with Crippen molar-refractivity contribution in [3.05, 3.63) is 94.6 Å². The van der Waals surface area contributed by atoms with Gasteiger partial charge in [-0.1, -0.05) is 35.4 Å². The van der Waals surface area contributed by atoms with E-state index in [1.54, 1.807) is 24.3 Å². The molecule has 0 saturated heterocycles. The summed E-state index contributed by atoms with van der Waals surface area (Å²) in [6.45, 7) is 5.85. The Morgan fingerprint density at radius 1 is 0.929 bits per heavy atom. The summed E-state index contributed by atoms with van der Waals surface area (Å²) < 4.78 is 5.30. The summed E-state index contributed by atoms with van der Waals surface area (Å²) >= 11 is 0. The lowest BCUT2D eigenvalue weighted by Gasteiger charge is -2.13. The van der Waals surface area contributed by atoms with Gasteiger partial charge in [0.25, 0.3) is 11.8 Å². The predicted molar refractivity (Wildman–Crippen MR) is 110 cm³/mol. The average Bonchev–Trinajstić information content (AvgIpc) is 3.17. The number of hydrogen-bond acceptors (Lipinski definition) is 3. The van der Waals surface area contributed by atoms with Crippen molar-refractivity contribution in [3.63, 3.8) is 0 Å². The highest BCUT2D eigenvalue weighted by Crippen LogP contribution is 2.17. The van der Waals surface area contributed by atoms with Crippen LogP contribution < -0.4 is 10.6 Å². The van der Waals surface area contributed by atoms with Crippen molar-refractivity contribution >= 4 is 23.6 Å². The first-order valence-corrected chi connectivity index (χ1v) is 8.94. The lowest BCUT2D eigenvalue weighted by atomic mass is 10.1. The summed E-state index contributed by atoms with van der Waals surface area (Å²) in [5.41, 5.74) is 4.35. The molecule has 142 valence electrons. The highest BCUT2D eigenvalue weighted by Gasteiger charge is 2.16. The molecule has 0 aliphatic heterocycles. The molecule has 0 fully saturated rings. The summed E-state index contributed by atoms with van der Waals surface area (Å²) in [5.74, 6) is -0.326. The van der Waals surface area contributed by atoms with Gasteiger partial charge >= 0.3 is 0 Å². The highest BCUT2D eigenvalue weighted by molar-refractivity contribution is 6.10. The van der Waals surface area contributed by atoms with E-state index in [9.17, 15) is 9.59 Å². The van der Waals surface area contributed by atoms with Crippen molar-refractivity contribution < 1.29 is 14.0 Å². The van der Waals surface area contributed by atoms with Crippen molar-refractivity contribution in [2.24, 2.45) is 0 Å². The first-order chi connectivity index (χ1) is 13.4. The maximum absolute atomic E-state index is 12.9. The Bertz CT molecular complexity index is 1020. The molecule has 28 heavy (non-hydrogen) atoms. The number of benzene rings is 2. The first-order valence-electron chi connectivity index (χ1n) is 8.94. The SMILES string of the molecule is Cc1ccc(C(=O)NC(=Cc2ccco2)C(=O)Nc2ccc(C)cc2C)cc1. The second kappa shape index (κ2) is 8.39. The number of nitrogens with one attached hydrogen (secondary N) is 2. The van der Waals surface area contributed by atoms with Gasteiger partial charge in [-0.15, -0.1) is 0 Å². The van der Waals surface area contributed by atoms with E-state index in [0.29, 0.717) is 17.0 Å². The van der Waals surface area contributed by atoms with E-state index < -0.39 is 5.91 Å². The molecule has 3 aromatic rings. The van der Waals surface area contributed by atoms with Gasteiger partial charge in [0.15, 0.2) is 0 Å². The van der Waals surface area contributed by atoms with Crippen LogP contribution >= 0.6 is 0 Å². The largest absolute Gasteiger partial charge is 0.465 e. The lowest BCUT2D eigenvalue weighted by molar-refractivity contribution is -0.113. The Morgan fingerprint density at radius 3 is 2.29 bits per heavy atom. The topological polar surface area (TPSA) is 71.3 Å². The molecular weight excluding hydrogens is 352 g/mol. The minimum atomic E-state index is -0.427. The third kappa shape index (κ3) is 4.76. The monoisotopic (exact) mass is 374 g/mol. The number of hydrogen-bond donors (Lipinski definition) is 2. The molecule has 0 bridgehead atoms. The predicted octanol–water partition coefficient (Wildman–Crippen LogP) is 4.61. The number of furan rings is 1. The smallest absolute Gasteiger partial charge is 0.272 e. The lowest BCUT2D eigenvalue weighted by Crippen LogP contribution is -2.30. The fourth-order valence-electron chi connectivity index (χ4n) is 2.72. The van der Waals surface area contributed by atoms with E-state index in [2.05, 4.69) is 10.6 Å². The molecule has 0 aliphatic carbocycles. The van der Waals surface area contributed by atoms with Gasteiger partial charge in [-0.2, -0.15) is 0 Å². The maximum atomic E-state index is 12.9. The summed E-state index contributed by atoms with van der Waals surface area (Å²) in [6.07, 6.45) is 3.01. The second-order valence-corrected chi connectivity index (χ2v) is 6.67. The van der Waals surface area contributed by atoms with E-state index in [1.807, 2.05) is 51.1 Å². The van der Waals surface area contributed by atoms with Gasteiger partial charge in [0.1, 0.15) is 11.5 Å². The van der Waals surface area contributed by atoms with Crippen LogP contribution in [-0.4, -0.2) is 11.8 Å². The molecule has 0 unspecified atom stereocenters. The second-order valence-electron chi connectivity index (χ2n) is 6.67. The molecule has 5 nitrogen and oxygen atoms in total. The van der Waals surface area contributed by atoms with Crippen LogP contribution in [0.5, 0.6) is 0 Å². The van der Waals surface area contributed by atoms with Crippen LogP contribution in [0.2, 0.25) is 0 Å². The minimum absolute atomic E-state index is 0.0977. The van der Waals surface area contributed by atoms with Crippen LogP contribution in [0, 0.1) is 20.8 Å². The molecule has 2 amide bonds. The van der Waals surface area contributed by atoms with Gasteiger partial charge in [0.05, 0.1) is 6.26 Å². The summed E-state index contributed by atoms with van der Waals surface area (Å²) in [6, 6.07) is 16.3. The van der Waals surface area contributed by atoms with E-state index >= 15 is 0 Å². The quantitative estimate of drug-likeness (QED) is 0.641. The van der Waals surface area contributed by atoms with Crippen molar-refractivity contribution in [1.29, 1.82) is 0 Å². The van der Waals surface area contributed by atoms with Gasteiger partial charge in [-0.25, -0.2) is 0 Å². The van der Waals surface area contributed by atoms with E-state index in [0.717, 1.165) is 16.7 Å². The third-order valence-electron chi connectivity index (χ3n) is 4.27. The maximum Gasteiger partial charge on any atom is 0.272 e. The molecule has 3 rings (SSSR count). The molecule has 2 N–H and O–H groups in total. The average molecular weight is 374 g/mol. The Kier molecular flexibility index (Phi) is 5.75. The molecule has 5 heteroatoms. The van der Waals surface area contributed by atoms with Crippen LogP contribution in [0.1, 0.15) is 32.8 Å². The van der Waals surface area contributed by atoms with Crippen LogP contribution in [-0.2, 0) is 4.79 Å². The highest BCUT2D eigenvalue weighted by atomic mass is 16.3. The van der Waals surface area contributed by atoms with E-state index in [4.69, 9.17) is 4.42 Å². The van der Waals surface area contributed by atoms with Crippen LogP contribution in [0.15, 0.2) is 71.0 Å². The van der Waals surface area contributed by atoms with Crippen molar-refractivity contribution in [3.8, 4) is 0 Å². The third-order valence-corrected chi connectivity index (χ3v) is 4.27. The van der Waals surface area contributed by atoms with Gasteiger partial charge in [-0.05, 0) is 56.7 Å². The Labute approximate surface area is 164 Å². The molecular formula is C23H22N2O3. The number of aryl methyl sites for hydroxylation is 3. The molecule has 1 aromatic heterocycles. The Hall–Kier alpha value is -3.60. The van der Waals surface area contributed by atoms with Gasteiger partial charge in [0.2, 0.25) is 0 Å². The van der Waals surface area contributed by atoms with Crippen LogP contribution in [0.3, 0.4) is 0 Å². The molecule has 0 aliphatic rings. The van der Waals surface area contributed by atoms with Gasteiger partial charge in [0, 0.05) is 17.3 Å². The van der Waals surface area contributed by atoms with E-state index in [1.165, 1.54) is 12.3 Å². The summed E-state index contributed by atoms with van der Waals surface area (Å²) in [5, 5.41) is 5.54. The van der Waals surface area contributed by atoms with Crippen molar-refractivity contribution in [2.45, 2.75) is 20.8 Å². The number of rotatable bonds is 5. The zero-order valence-corrected chi connectivity index (χ0v) is 16.1. The fraction of sp³-hybridized carbons (Fsp3) is 0.130. The van der Waals surface area contributed by atoms with Crippen molar-refractivity contribution in [2.75, 3.05) is 5.32 Å². The van der Waals surface area contributed by atoms with Crippen molar-refractivity contribution in [1.82, 2.24) is 5.32 Å².